The summed E-state index contributed by atoms with van der Waals surface area (Å²) in [5.41, 5.74) is 2.86. The fraction of sp³-hybridized carbons (Fsp3) is 0.364. The lowest BCUT2D eigenvalue weighted by atomic mass is 9.96. The summed E-state index contributed by atoms with van der Waals surface area (Å²) >= 11 is 5.33. The van der Waals surface area contributed by atoms with Crippen LogP contribution in [-0.2, 0) is 6.54 Å². The van der Waals surface area contributed by atoms with Crippen LogP contribution in [0.15, 0.2) is 36.5 Å². The lowest BCUT2D eigenvalue weighted by molar-refractivity contribution is 0.0696. The number of carbonyl (C=O) groups is 1. The van der Waals surface area contributed by atoms with Gasteiger partial charge in [-0.25, -0.2) is 4.68 Å². The first-order chi connectivity index (χ1) is 15.6. The van der Waals surface area contributed by atoms with Gasteiger partial charge >= 0.3 is 0 Å². The number of H-pyrrole nitrogens is 1. The molecule has 0 spiro atoms. The first-order valence-corrected chi connectivity index (χ1v) is 11.2. The van der Waals surface area contributed by atoms with Gasteiger partial charge in [0.1, 0.15) is 5.82 Å². The molecule has 0 aliphatic carbocycles. The fourth-order valence-electron chi connectivity index (χ4n) is 4.44. The number of benzene rings is 1. The molecule has 9 nitrogen and oxygen atoms in total. The van der Waals surface area contributed by atoms with Crippen LogP contribution in [-0.4, -0.2) is 58.6 Å². The largest absolute Gasteiger partial charge is 0.336 e. The van der Waals surface area contributed by atoms with Crippen LogP contribution in [0.4, 0.5) is 0 Å². The van der Waals surface area contributed by atoms with Crippen LogP contribution in [0.3, 0.4) is 0 Å². The van der Waals surface area contributed by atoms with Gasteiger partial charge in [0.15, 0.2) is 10.5 Å². The maximum absolute atomic E-state index is 13.4. The zero-order valence-corrected chi connectivity index (χ0v) is 18.8. The molecule has 0 saturated carbocycles. The number of nitrogens with one attached hydrogen (secondary N) is 1. The Morgan fingerprint density at radius 3 is 3.03 bits per heavy atom. The summed E-state index contributed by atoms with van der Waals surface area (Å²) in [4.78, 5) is 19.6. The molecule has 32 heavy (non-hydrogen) atoms. The number of hydrogen-bond acceptors (Lipinski definition) is 6. The Morgan fingerprint density at radius 1 is 1.31 bits per heavy atom. The van der Waals surface area contributed by atoms with Crippen molar-refractivity contribution in [2.75, 3.05) is 13.1 Å². The number of pyridine rings is 1. The fourth-order valence-corrected chi connectivity index (χ4v) is 4.70. The highest BCUT2D eigenvalue weighted by Crippen LogP contribution is 2.27. The van der Waals surface area contributed by atoms with Crippen molar-refractivity contribution in [2.24, 2.45) is 0 Å². The normalized spacial score (nSPS) is 16.6. The number of nitrogens with zero attached hydrogens (tertiary/aromatic N) is 7. The highest BCUT2D eigenvalue weighted by atomic mass is 32.1. The monoisotopic (exact) mass is 448 g/mol. The molecule has 164 valence electrons. The molecular formula is C22H24N8OS. The zero-order valence-electron chi connectivity index (χ0n) is 18.0. The lowest BCUT2D eigenvalue weighted by Gasteiger charge is -2.32. The predicted molar refractivity (Wildman–Crippen MR) is 122 cm³/mol. The zero-order chi connectivity index (χ0) is 22.2. The number of hydrogen-bond donors (Lipinski definition) is 1. The Labute approximate surface area is 190 Å². The van der Waals surface area contributed by atoms with Crippen LogP contribution in [0, 0.1) is 11.7 Å². The number of carbonyl (C=O) groups excluding carboxylic acids is 1. The summed E-state index contributed by atoms with van der Waals surface area (Å²) in [7, 11) is 0. The van der Waals surface area contributed by atoms with Crippen molar-refractivity contribution in [1.29, 1.82) is 0 Å². The van der Waals surface area contributed by atoms with E-state index in [0.717, 1.165) is 47.5 Å². The minimum absolute atomic E-state index is 0.0990. The van der Waals surface area contributed by atoms with E-state index in [1.807, 2.05) is 53.6 Å². The average Bonchev–Trinajstić information content (AvgIpc) is 3.40. The number of rotatable bonds is 4. The third kappa shape index (κ3) is 3.50. The summed E-state index contributed by atoms with van der Waals surface area (Å²) in [6.07, 6.45) is 3.65. The van der Waals surface area contributed by atoms with Crippen LogP contribution in [0.5, 0.6) is 0 Å². The molecule has 1 fully saturated rings. The van der Waals surface area contributed by atoms with E-state index >= 15 is 0 Å². The number of aromatic amines is 1. The van der Waals surface area contributed by atoms with Crippen LogP contribution >= 0.6 is 12.2 Å². The van der Waals surface area contributed by atoms with E-state index in [9.17, 15) is 4.79 Å². The van der Waals surface area contributed by atoms with E-state index in [1.165, 1.54) is 0 Å². The Bertz CT molecular complexity index is 1350. The van der Waals surface area contributed by atoms with Crippen LogP contribution in [0.1, 0.15) is 47.7 Å². The topological polar surface area (TPSA) is 97.5 Å². The van der Waals surface area contributed by atoms with Crippen molar-refractivity contribution in [1.82, 2.24) is 39.6 Å². The lowest BCUT2D eigenvalue weighted by Crippen LogP contribution is -2.40. The molecule has 1 N–H and O–H groups in total. The average molecular weight is 449 g/mol. The number of piperidine rings is 1. The maximum Gasteiger partial charge on any atom is 0.276 e. The molecule has 5 rings (SSSR count). The summed E-state index contributed by atoms with van der Waals surface area (Å²) in [6.45, 7) is 5.96. The molecule has 0 radical (unpaired) electrons. The van der Waals surface area contributed by atoms with Gasteiger partial charge in [-0.2, -0.15) is 5.10 Å². The van der Waals surface area contributed by atoms with Gasteiger partial charge < -0.3 is 9.47 Å². The molecule has 1 aliphatic rings. The van der Waals surface area contributed by atoms with Gasteiger partial charge in [0.2, 0.25) is 0 Å². The van der Waals surface area contributed by atoms with Gasteiger partial charge in [-0.05, 0) is 63.2 Å². The van der Waals surface area contributed by atoms with Crippen LogP contribution < -0.4 is 0 Å². The van der Waals surface area contributed by atoms with Crippen molar-refractivity contribution >= 4 is 29.0 Å². The first kappa shape index (κ1) is 20.5. The van der Waals surface area contributed by atoms with Crippen molar-refractivity contribution in [2.45, 2.75) is 39.2 Å². The van der Waals surface area contributed by atoms with E-state index in [-0.39, 0.29) is 11.8 Å². The standard InChI is InChI=1S/C22H24N8OS/c1-3-29-20(25-26-22(29)32)16-7-5-11-28(13-16)21(31)19-14(2)30(27-24-19)17-8-9-18-15(12-17)6-4-10-23-18/h4,6,8-10,12,16H,3,5,7,11,13H2,1-2H3,(H,26,32). The molecular weight excluding hydrogens is 424 g/mol. The summed E-state index contributed by atoms with van der Waals surface area (Å²) in [5, 5.41) is 16.9. The molecule has 1 aliphatic heterocycles. The smallest absolute Gasteiger partial charge is 0.276 e. The van der Waals surface area contributed by atoms with E-state index in [2.05, 4.69) is 25.5 Å². The second-order valence-corrected chi connectivity index (χ2v) is 8.42. The van der Waals surface area contributed by atoms with Crippen molar-refractivity contribution in [3.63, 3.8) is 0 Å². The Balaban J connectivity index is 1.41. The van der Waals surface area contributed by atoms with Gasteiger partial charge in [0.05, 0.1) is 16.9 Å². The van der Waals surface area contributed by atoms with Crippen LogP contribution in [0.25, 0.3) is 16.6 Å². The third-order valence-electron chi connectivity index (χ3n) is 6.11. The highest BCUT2D eigenvalue weighted by molar-refractivity contribution is 7.71. The van der Waals surface area contributed by atoms with E-state index < -0.39 is 0 Å². The van der Waals surface area contributed by atoms with Crippen molar-refractivity contribution in [3.8, 4) is 5.69 Å². The number of fused-ring (bicyclic) bond motifs is 1. The Morgan fingerprint density at radius 2 is 2.19 bits per heavy atom. The van der Waals surface area contributed by atoms with Gasteiger partial charge in [-0.3, -0.25) is 14.9 Å². The van der Waals surface area contributed by atoms with Gasteiger partial charge in [-0.1, -0.05) is 11.3 Å². The highest BCUT2D eigenvalue weighted by Gasteiger charge is 2.31. The van der Waals surface area contributed by atoms with E-state index in [4.69, 9.17) is 12.2 Å². The van der Waals surface area contributed by atoms with E-state index in [0.29, 0.717) is 23.6 Å². The van der Waals surface area contributed by atoms with E-state index in [1.54, 1.807) is 10.9 Å². The molecule has 1 atom stereocenters. The maximum atomic E-state index is 13.4. The molecule has 1 aromatic carbocycles. The number of aromatic nitrogens is 7. The SMILES string of the molecule is CCn1c(C2CCCN(C(=O)c3nnn(-c4ccc5ncccc5c4)c3C)C2)n[nH]c1=S. The first-order valence-electron chi connectivity index (χ1n) is 10.8. The molecule has 4 heterocycles. The molecule has 1 saturated heterocycles. The van der Waals surface area contributed by atoms with Gasteiger partial charge in [0, 0.05) is 37.1 Å². The van der Waals surface area contributed by atoms with Gasteiger partial charge in [0.25, 0.3) is 5.91 Å². The second-order valence-electron chi connectivity index (χ2n) is 8.04. The summed E-state index contributed by atoms with van der Waals surface area (Å²) in [5.74, 6) is 0.960. The minimum Gasteiger partial charge on any atom is -0.336 e. The molecule has 1 unspecified atom stereocenters. The van der Waals surface area contributed by atoms with Gasteiger partial charge in [-0.15, -0.1) is 5.10 Å². The second kappa shape index (κ2) is 8.27. The number of amides is 1. The molecule has 4 aromatic rings. The minimum atomic E-state index is -0.0990. The third-order valence-corrected chi connectivity index (χ3v) is 6.42. The van der Waals surface area contributed by atoms with Crippen molar-refractivity contribution in [3.05, 3.63) is 58.5 Å². The summed E-state index contributed by atoms with van der Waals surface area (Å²) < 4.78 is 4.34. The Kier molecular flexibility index (Phi) is 5.30. The number of likely N-dealkylation sites (tertiary alicyclic amines) is 1. The molecule has 1 amide bonds. The molecule has 0 bridgehead atoms. The summed E-state index contributed by atoms with van der Waals surface area (Å²) in [6, 6.07) is 9.80. The van der Waals surface area contributed by atoms with Crippen LogP contribution in [0.2, 0.25) is 0 Å². The molecule has 10 heteroatoms. The quantitative estimate of drug-likeness (QED) is 0.481. The predicted octanol–water partition coefficient (Wildman–Crippen LogP) is 3.42. The van der Waals surface area contributed by atoms with Crippen molar-refractivity contribution < 1.29 is 4.79 Å². The Hall–Kier alpha value is -3.40. The molecule has 3 aromatic heterocycles.